The molecule has 1 aliphatic carbocycles. The normalized spacial score (nSPS) is 21.0. The number of rotatable bonds is 6. The number of hydrogen-bond acceptors (Lipinski definition) is 4. The highest BCUT2D eigenvalue weighted by Gasteiger charge is 2.21. The van der Waals surface area contributed by atoms with Gasteiger partial charge in [0.1, 0.15) is 5.76 Å². The van der Waals surface area contributed by atoms with Crippen LogP contribution in [-0.4, -0.2) is 35.7 Å². The number of hydrogen-bond donors (Lipinski definition) is 1. The molecular weight excluding hydrogens is 320 g/mol. The van der Waals surface area contributed by atoms with Crippen molar-refractivity contribution >= 4 is 17.7 Å². The second-order valence-electron chi connectivity index (χ2n) is 7.26. The molecule has 1 aromatic heterocycles. The van der Waals surface area contributed by atoms with Crippen molar-refractivity contribution < 1.29 is 9.21 Å². The summed E-state index contributed by atoms with van der Waals surface area (Å²) in [6.07, 6.45) is 9.13. The molecule has 1 saturated carbocycles. The molecule has 1 amide bonds. The van der Waals surface area contributed by atoms with E-state index in [1.165, 1.54) is 32.1 Å². The molecule has 0 aromatic carbocycles. The van der Waals surface area contributed by atoms with E-state index in [1.54, 1.807) is 6.92 Å². The molecule has 1 saturated heterocycles. The van der Waals surface area contributed by atoms with Crippen LogP contribution in [0.2, 0.25) is 0 Å². The van der Waals surface area contributed by atoms with Crippen molar-refractivity contribution in [2.75, 3.05) is 19.6 Å². The molecule has 0 atom stereocenters. The number of piperidine rings is 1. The first-order valence-corrected chi connectivity index (χ1v) is 10.3. The first kappa shape index (κ1) is 17.9. The van der Waals surface area contributed by atoms with Gasteiger partial charge in [0, 0.05) is 18.7 Å². The third-order valence-corrected chi connectivity index (χ3v) is 6.45. The van der Waals surface area contributed by atoms with Crippen LogP contribution < -0.4 is 5.32 Å². The first-order chi connectivity index (χ1) is 11.7. The van der Waals surface area contributed by atoms with Crippen LogP contribution in [0.1, 0.15) is 57.6 Å². The lowest BCUT2D eigenvalue weighted by Crippen LogP contribution is -2.37. The van der Waals surface area contributed by atoms with Gasteiger partial charge in [0.15, 0.2) is 5.09 Å². The van der Waals surface area contributed by atoms with Crippen LogP contribution in [0, 0.1) is 5.92 Å². The molecule has 3 rings (SSSR count). The zero-order valence-corrected chi connectivity index (χ0v) is 15.6. The molecule has 0 radical (unpaired) electrons. The lowest BCUT2D eigenvalue weighted by atomic mass is 9.97. The van der Waals surface area contributed by atoms with E-state index in [0.29, 0.717) is 5.92 Å². The van der Waals surface area contributed by atoms with Crippen molar-refractivity contribution in [3.63, 3.8) is 0 Å². The molecule has 1 aromatic rings. The highest BCUT2D eigenvalue weighted by molar-refractivity contribution is 7.99. The Morgan fingerprint density at radius 1 is 1.21 bits per heavy atom. The van der Waals surface area contributed by atoms with Crippen molar-refractivity contribution in [1.29, 1.82) is 0 Å². The average Bonchev–Trinajstić information content (AvgIpc) is 3.02. The Balaban J connectivity index is 1.40. The number of likely N-dealkylation sites (tertiary alicyclic amines) is 1. The average molecular weight is 351 g/mol. The van der Waals surface area contributed by atoms with Gasteiger partial charge in [0.05, 0.1) is 6.54 Å². The van der Waals surface area contributed by atoms with Crippen molar-refractivity contribution in [3.05, 3.63) is 17.9 Å². The smallest absolute Gasteiger partial charge is 0.216 e. The third-order valence-electron chi connectivity index (χ3n) is 5.20. The van der Waals surface area contributed by atoms with Gasteiger partial charge >= 0.3 is 0 Å². The second kappa shape index (κ2) is 8.95. The summed E-state index contributed by atoms with van der Waals surface area (Å²) < 4.78 is 6.06. The monoisotopic (exact) mass is 350 g/mol. The minimum absolute atomic E-state index is 0.0796. The van der Waals surface area contributed by atoms with Crippen molar-refractivity contribution in [3.8, 4) is 0 Å². The molecule has 2 heterocycles. The van der Waals surface area contributed by atoms with Gasteiger partial charge in [-0.05, 0) is 56.8 Å². The van der Waals surface area contributed by atoms with Crippen LogP contribution in [0.5, 0.6) is 0 Å². The van der Waals surface area contributed by atoms with Gasteiger partial charge in [-0.15, -0.1) is 0 Å². The Kier molecular flexibility index (Phi) is 6.67. The fraction of sp³-hybridized carbons (Fsp3) is 0.737. The summed E-state index contributed by atoms with van der Waals surface area (Å²) in [5.41, 5.74) is 0. The minimum atomic E-state index is 0.0796. The van der Waals surface area contributed by atoms with Crippen LogP contribution in [0.25, 0.3) is 0 Å². The Morgan fingerprint density at radius 3 is 2.67 bits per heavy atom. The van der Waals surface area contributed by atoms with Gasteiger partial charge in [-0.2, -0.15) is 0 Å². The minimum Gasteiger partial charge on any atom is -0.454 e. The zero-order valence-electron chi connectivity index (χ0n) is 14.8. The maximum absolute atomic E-state index is 11.0. The van der Waals surface area contributed by atoms with Crippen LogP contribution in [0.3, 0.4) is 0 Å². The van der Waals surface area contributed by atoms with Gasteiger partial charge in [0.25, 0.3) is 0 Å². The van der Waals surface area contributed by atoms with E-state index in [0.717, 1.165) is 55.1 Å². The standard InChI is InChI=1S/C19H30N2O2S/c1-15(22)20-13-16-9-11-21(12-10-16)14-17-7-8-19(23-17)24-18-5-3-2-4-6-18/h7-8,16,18H,2-6,9-14H2,1H3,(H,20,22). The SMILES string of the molecule is CC(=O)NCC1CCN(Cc2ccc(SC3CCCCC3)o2)CC1. The van der Waals surface area contributed by atoms with E-state index >= 15 is 0 Å². The summed E-state index contributed by atoms with van der Waals surface area (Å²) in [5, 5.41) is 4.79. The van der Waals surface area contributed by atoms with Gasteiger partial charge < -0.3 is 9.73 Å². The number of carbonyl (C=O) groups is 1. The summed E-state index contributed by atoms with van der Waals surface area (Å²) in [6, 6.07) is 4.30. The second-order valence-corrected chi connectivity index (χ2v) is 8.56. The third kappa shape index (κ3) is 5.55. The molecule has 2 fully saturated rings. The Hall–Kier alpha value is -0.940. The molecule has 5 heteroatoms. The van der Waals surface area contributed by atoms with Crippen LogP contribution in [0.4, 0.5) is 0 Å². The van der Waals surface area contributed by atoms with Crippen LogP contribution >= 0.6 is 11.8 Å². The van der Waals surface area contributed by atoms with Crippen LogP contribution in [-0.2, 0) is 11.3 Å². The van der Waals surface area contributed by atoms with Crippen molar-refractivity contribution in [2.24, 2.45) is 5.92 Å². The van der Waals surface area contributed by atoms with E-state index in [2.05, 4.69) is 22.3 Å². The van der Waals surface area contributed by atoms with E-state index in [4.69, 9.17) is 4.42 Å². The fourth-order valence-electron chi connectivity index (χ4n) is 3.71. The molecule has 4 nitrogen and oxygen atoms in total. The van der Waals surface area contributed by atoms with Gasteiger partial charge in [0.2, 0.25) is 5.91 Å². The summed E-state index contributed by atoms with van der Waals surface area (Å²) >= 11 is 1.93. The largest absolute Gasteiger partial charge is 0.454 e. The quantitative estimate of drug-likeness (QED) is 0.840. The summed E-state index contributed by atoms with van der Waals surface area (Å²) in [4.78, 5) is 13.5. The summed E-state index contributed by atoms with van der Waals surface area (Å²) in [5.74, 6) is 1.80. The van der Waals surface area contributed by atoms with Crippen molar-refractivity contribution in [1.82, 2.24) is 10.2 Å². The summed E-state index contributed by atoms with van der Waals surface area (Å²) in [6.45, 7) is 5.52. The van der Waals surface area contributed by atoms with Gasteiger partial charge in [-0.3, -0.25) is 9.69 Å². The topological polar surface area (TPSA) is 45.5 Å². The number of nitrogens with one attached hydrogen (secondary N) is 1. The predicted octanol–water partition coefficient (Wildman–Crippen LogP) is 4.05. The van der Waals surface area contributed by atoms with Crippen LogP contribution in [0.15, 0.2) is 21.6 Å². The maximum atomic E-state index is 11.0. The number of nitrogens with zero attached hydrogens (tertiary/aromatic N) is 1. The number of furan rings is 1. The summed E-state index contributed by atoms with van der Waals surface area (Å²) in [7, 11) is 0. The first-order valence-electron chi connectivity index (χ1n) is 9.41. The number of thioether (sulfide) groups is 1. The van der Waals surface area contributed by atoms with E-state index in [-0.39, 0.29) is 5.91 Å². The number of carbonyl (C=O) groups excluding carboxylic acids is 1. The van der Waals surface area contributed by atoms with E-state index < -0.39 is 0 Å². The molecule has 0 spiro atoms. The van der Waals surface area contributed by atoms with Gasteiger partial charge in [-0.25, -0.2) is 0 Å². The fourth-order valence-corrected chi connectivity index (χ4v) is 4.91. The van der Waals surface area contributed by atoms with Crippen molar-refractivity contribution in [2.45, 2.75) is 68.8 Å². The number of amides is 1. The predicted molar refractivity (Wildman–Crippen MR) is 98.1 cm³/mol. The van der Waals surface area contributed by atoms with E-state index in [1.807, 2.05) is 11.8 Å². The molecule has 2 aliphatic rings. The highest BCUT2D eigenvalue weighted by Crippen LogP contribution is 2.34. The molecule has 0 bridgehead atoms. The molecule has 1 aliphatic heterocycles. The lowest BCUT2D eigenvalue weighted by molar-refractivity contribution is -0.119. The molecule has 134 valence electrons. The Labute approximate surface area is 149 Å². The molecule has 24 heavy (non-hydrogen) atoms. The molecule has 0 unspecified atom stereocenters. The van der Waals surface area contributed by atoms with Gasteiger partial charge in [-0.1, -0.05) is 31.0 Å². The zero-order chi connectivity index (χ0) is 16.8. The lowest BCUT2D eigenvalue weighted by Gasteiger charge is -2.31. The molecular formula is C19H30N2O2S. The highest BCUT2D eigenvalue weighted by atomic mass is 32.2. The van der Waals surface area contributed by atoms with E-state index in [9.17, 15) is 4.79 Å². The maximum Gasteiger partial charge on any atom is 0.216 e. The molecule has 1 N–H and O–H groups in total. The Bertz CT molecular complexity index is 517. The Morgan fingerprint density at radius 2 is 1.96 bits per heavy atom.